The number of hydrogen-bond donors (Lipinski definition) is 2. The van der Waals surface area contributed by atoms with Crippen molar-refractivity contribution >= 4 is 51.6 Å². The summed E-state index contributed by atoms with van der Waals surface area (Å²) in [6.45, 7) is 1.96. The van der Waals surface area contributed by atoms with Gasteiger partial charge in [0.25, 0.3) is 11.1 Å². The Morgan fingerprint density at radius 2 is 1.96 bits per heavy atom. The molecule has 0 bridgehead atoms. The van der Waals surface area contributed by atoms with Crippen molar-refractivity contribution in [2.75, 3.05) is 5.32 Å². The highest BCUT2D eigenvalue weighted by molar-refractivity contribution is 8.18. The van der Waals surface area contributed by atoms with E-state index in [2.05, 4.69) is 10.6 Å². The second kappa shape index (κ2) is 6.77. The number of thioether (sulfide) groups is 1. The molecule has 1 aliphatic heterocycles. The van der Waals surface area contributed by atoms with E-state index in [1.54, 1.807) is 12.3 Å². The normalized spacial score (nSPS) is 15.4. The van der Waals surface area contributed by atoms with Gasteiger partial charge in [0.2, 0.25) is 0 Å². The summed E-state index contributed by atoms with van der Waals surface area (Å²) in [5.74, 6) is -0.404. The number of aryl methyl sites for hydroxylation is 1. The number of nitrogens with one attached hydrogen (secondary N) is 2. The summed E-state index contributed by atoms with van der Waals surface area (Å²) in [7, 11) is 0. The van der Waals surface area contributed by atoms with Crippen molar-refractivity contribution in [1.82, 2.24) is 9.88 Å². The standard InChI is InChI=1S/C20H15N3O3S/c1-12-4-2-6-14(10-12)21-19(25)23-9-8-15-13(5-3-7-16(15)23)11-17-18(24)22-20(26)27-17/h2-11H,1H3,(H,21,25)(H,22,24,26). The molecule has 1 saturated heterocycles. The molecule has 3 aromatic rings. The van der Waals surface area contributed by atoms with Crippen LogP contribution in [-0.2, 0) is 4.79 Å². The van der Waals surface area contributed by atoms with Crippen LogP contribution in [0.1, 0.15) is 11.1 Å². The van der Waals surface area contributed by atoms with Crippen LogP contribution in [-0.4, -0.2) is 21.7 Å². The average molecular weight is 377 g/mol. The van der Waals surface area contributed by atoms with Gasteiger partial charge < -0.3 is 5.32 Å². The van der Waals surface area contributed by atoms with Gasteiger partial charge in [-0.2, -0.15) is 0 Å². The predicted molar refractivity (Wildman–Crippen MR) is 107 cm³/mol. The van der Waals surface area contributed by atoms with E-state index in [4.69, 9.17) is 0 Å². The molecule has 1 fully saturated rings. The molecular weight excluding hydrogens is 362 g/mol. The molecule has 0 saturated carbocycles. The van der Waals surface area contributed by atoms with E-state index < -0.39 is 5.91 Å². The summed E-state index contributed by atoms with van der Waals surface area (Å²) in [5.41, 5.74) is 3.25. The lowest BCUT2D eigenvalue weighted by molar-refractivity contribution is -0.115. The number of benzene rings is 2. The number of carbonyl (C=O) groups is 3. The first-order valence-electron chi connectivity index (χ1n) is 8.24. The summed E-state index contributed by atoms with van der Waals surface area (Å²) in [4.78, 5) is 36.1. The van der Waals surface area contributed by atoms with Crippen molar-refractivity contribution in [3.05, 3.63) is 70.8 Å². The van der Waals surface area contributed by atoms with Gasteiger partial charge in [0.1, 0.15) is 0 Å². The third-order valence-corrected chi connectivity index (χ3v) is 4.99. The molecule has 4 rings (SSSR count). The van der Waals surface area contributed by atoms with E-state index >= 15 is 0 Å². The third-order valence-electron chi connectivity index (χ3n) is 4.18. The summed E-state index contributed by atoms with van der Waals surface area (Å²) in [5, 5.41) is 5.55. The number of fused-ring (bicyclic) bond motifs is 1. The van der Waals surface area contributed by atoms with Crippen LogP contribution in [0.4, 0.5) is 15.3 Å². The Labute approximate surface area is 159 Å². The van der Waals surface area contributed by atoms with Gasteiger partial charge in [-0.1, -0.05) is 24.3 Å². The van der Waals surface area contributed by atoms with Crippen LogP contribution in [0, 0.1) is 6.92 Å². The average Bonchev–Trinajstić information content (AvgIpc) is 3.19. The number of hydrogen-bond acceptors (Lipinski definition) is 4. The van der Waals surface area contributed by atoms with E-state index in [0.717, 1.165) is 34.0 Å². The molecule has 6 nitrogen and oxygen atoms in total. The van der Waals surface area contributed by atoms with E-state index in [1.807, 2.05) is 55.5 Å². The lowest BCUT2D eigenvalue weighted by atomic mass is 10.1. The van der Waals surface area contributed by atoms with Gasteiger partial charge in [0.15, 0.2) is 0 Å². The molecule has 134 valence electrons. The van der Waals surface area contributed by atoms with E-state index in [1.165, 1.54) is 4.57 Å². The molecule has 2 N–H and O–H groups in total. The number of nitrogens with zero attached hydrogens (tertiary/aromatic N) is 1. The van der Waals surface area contributed by atoms with Gasteiger partial charge in [-0.25, -0.2) is 4.79 Å². The molecule has 1 aromatic heterocycles. The Kier molecular flexibility index (Phi) is 4.29. The Morgan fingerprint density at radius 1 is 1.15 bits per heavy atom. The summed E-state index contributed by atoms with van der Waals surface area (Å²) in [6.07, 6.45) is 3.35. The second-order valence-electron chi connectivity index (χ2n) is 6.12. The number of aromatic nitrogens is 1. The lowest BCUT2D eigenvalue weighted by Gasteiger charge is -2.08. The highest BCUT2D eigenvalue weighted by Gasteiger charge is 2.25. The maximum Gasteiger partial charge on any atom is 0.330 e. The van der Waals surface area contributed by atoms with E-state index in [-0.39, 0.29) is 11.3 Å². The fraction of sp³-hybridized carbons (Fsp3) is 0.0500. The maximum atomic E-state index is 12.7. The highest BCUT2D eigenvalue weighted by atomic mass is 32.2. The molecule has 0 spiro atoms. The third kappa shape index (κ3) is 3.37. The Hall–Kier alpha value is -3.32. The minimum absolute atomic E-state index is 0.274. The Morgan fingerprint density at radius 3 is 2.70 bits per heavy atom. The maximum absolute atomic E-state index is 12.7. The van der Waals surface area contributed by atoms with E-state index in [9.17, 15) is 14.4 Å². The molecule has 0 atom stereocenters. The zero-order chi connectivity index (χ0) is 19.0. The second-order valence-corrected chi connectivity index (χ2v) is 7.13. The first-order valence-corrected chi connectivity index (χ1v) is 9.06. The topological polar surface area (TPSA) is 80.2 Å². The van der Waals surface area contributed by atoms with Crippen LogP contribution in [0.25, 0.3) is 17.0 Å². The van der Waals surface area contributed by atoms with E-state index in [0.29, 0.717) is 10.4 Å². The van der Waals surface area contributed by atoms with Crippen molar-refractivity contribution in [2.45, 2.75) is 6.92 Å². The van der Waals surface area contributed by atoms with Gasteiger partial charge in [0.05, 0.1) is 10.4 Å². The highest BCUT2D eigenvalue weighted by Crippen LogP contribution is 2.29. The fourth-order valence-electron chi connectivity index (χ4n) is 2.96. The van der Waals surface area contributed by atoms with Crippen LogP contribution in [0.15, 0.2) is 59.6 Å². The van der Waals surface area contributed by atoms with Crippen LogP contribution < -0.4 is 10.6 Å². The molecule has 0 radical (unpaired) electrons. The molecule has 27 heavy (non-hydrogen) atoms. The van der Waals surface area contributed by atoms with Gasteiger partial charge in [-0.05, 0) is 60.2 Å². The SMILES string of the molecule is Cc1cccc(NC(=O)n2ccc3c(C=C4SC(=O)NC4=O)cccc32)c1. The van der Waals surface area contributed by atoms with Crippen LogP contribution in [0.2, 0.25) is 0 Å². The molecule has 7 heteroatoms. The number of carbonyl (C=O) groups excluding carboxylic acids is 3. The van der Waals surface area contributed by atoms with Crippen molar-refractivity contribution < 1.29 is 14.4 Å². The van der Waals surface area contributed by atoms with Crippen LogP contribution in [0.5, 0.6) is 0 Å². The van der Waals surface area contributed by atoms with Crippen LogP contribution >= 0.6 is 11.8 Å². The minimum atomic E-state index is -0.404. The van der Waals surface area contributed by atoms with Crippen molar-refractivity contribution in [2.24, 2.45) is 0 Å². The molecule has 0 aliphatic carbocycles. The zero-order valence-electron chi connectivity index (χ0n) is 14.4. The fourth-order valence-corrected chi connectivity index (χ4v) is 3.64. The molecule has 3 amide bonds. The molecular formula is C20H15N3O3S. The smallest absolute Gasteiger partial charge is 0.307 e. The number of rotatable bonds is 2. The summed E-state index contributed by atoms with van der Waals surface area (Å²) in [6, 6.07) is 14.6. The molecule has 2 aromatic carbocycles. The van der Waals surface area contributed by atoms with Crippen molar-refractivity contribution in [3.8, 4) is 0 Å². The molecule has 0 unspecified atom stereocenters. The Bertz CT molecular complexity index is 1130. The van der Waals surface area contributed by atoms with Gasteiger partial charge in [0, 0.05) is 17.3 Å². The van der Waals surface area contributed by atoms with Gasteiger partial charge in [-0.3, -0.25) is 19.5 Å². The lowest BCUT2D eigenvalue weighted by Crippen LogP contribution is -2.18. The van der Waals surface area contributed by atoms with Gasteiger partial charge in [-0.15, -0.1) is 0 Å². The number of amides is 3. The number of imide groups is 1. The first kappa shape index (κ1) is 17.1. The van der Waals surface area contributed by atoms with Crippen LogP contribution in [0.3, 0.4) is 0 Å². The summed E-state index contributed by atoms with van der Waals surface area (Å²) >= 11 is 0.869. The van der Waals surface area contributed by atoms with Crippen molar-refractivity contribution in [3.63, 3.8) is 0 Å². The monoisotopic (exact) mass is 377 g/mol. The number of anilines is 1. The molecule has 1 aliphatic rings. The van der Waals surface area contributed by atoms with Gasteiger partial charge >= 0.3 is 6.03 Å². The zero-order valence-corrected chi connectivity index (χ0v) is 15.2. The Balaban J connectivity index is 1.68. The van der Waals surface area contributed by atoms with Crippen molar-refractivity contribution in [1.29, 1.82) is 0 Å². The first-order chi connectivity index (χ1) is 13.0. The minimum Gasteiger partial charge on any atom is -0.307 e. The largest absolute Gasteiger partial charge is 0.330 e. The summed E-state index contributed by atoms with van der Waals surface area (Å²) < 4.78 is 1.52. The molecule has 2 heterocycles. The quantitative estimate of drug-likeness (QED) is 0.651. The predicted octanol–water partition coefficient (Wildman–Crippen LogP) is 4.35.